The molecular weight excluding hydrogens is 244 g/mol. The number of hydrogen-bond donors (Lipinski definition) is 0. The second-order valence-corrected chi connectivity index (χ2v) is 5.16. The highest BCUT2D eigenvalue weighted by Crippen LogP contribution is 2.29. The van der Waals surface area contributed by atoms with E-state index < -0.39 is 0 Å². The zero-order valence-corrected chi connectivity index (χ0v) is 11.7. The van der Waals surface area contributed by atoms with Crippen molar-refractivity contribution in [2.45, 2.75) is 19.4 Å². The predicted molar refractivity (Wildman–Crippen MR) is 85.1 cm³/mol. The second-order valence-electron chi connectivity index (χ2n) is 5.16. The van der Waals surface area contributed by atoms with Gasteiger partial charge in [-0.15, -0.1) is 0 Å². The first-order chi connectivity index (χ1) is 9.75. The van der Waals surface area contributed by atoms with Gasteiger partial charge in [0.25, 0.3) is 0 Å². The molecule has 2 heteroatoms. The third-order valence-electron chi connectivity index (χ3n) is 3.61. The molecule has 0 aromatic heterocycles. The summed E-state index contributed by atoms with van der Waals surface area (Å²) in [6, 6.07) is 20.9. The summed E-state index contributed by atoms with van der Waals surface area (Å²) in [7, 11) is 0. The van der Waals surface area contributed by atoms with Crippen LogP contribution in [-0.4, -0.2) is 11.8 Å². The Morgan fingerprint density at radius 2 is 1.65 bits per heavy atom. The van der Waals surface area contributed by atoms with Gasteiger partial charge in [-0.3, -0.25) is 5.01 Å². The van der Waals surface area contributed by atoms with Crippen LogP contribution in [0.1, 0.15) is 18.9 Å². The summed E-state index contributed by atoms with van der Waals surface area (Å²) in [5.41, 5.74) is 4.58. The molecule has 0 radical (unpaired) electrons. The minimum atomic E-state index is 0.243. The first-order valence-corrected chi connectivity index (χ1v) is 6.88. The van der Waals surface area contributed by atoms with E-state index in [9.17, 15) is 0 Å². The third kappa shape index (κ3) is 2.37. The summed E-state index contributed by atoms with van der Waals surface area (Å²) < 4.78 is 0. The lowest BCUT2D eigenvalue weighted by molar-refractivity contribution is 0.750. The molecule has 0 N–H and O–H groups in total. The molecule has 1 aliphatic heterocycles. The van der Waals surface area contributed by atoms with Gasteiger partial charge in [0.2, 0.25) is 0 Å². The summed E-state index contributed by atoms with van der Waals surface area (Å²) in [6.07, 6.45) is 0.911. The summed E-state index contributed by atoms with van der Waals surface area (Å²) in [4.78, 5) is 0. The molecule has 2 nitrogen and oxygen atoms in total. The van der Waals surface area contributed by atoms with E-state index in [1.807, 2.05) is 24.3 Å². The van der Waals surface area contributed by atoms with Crippen LogP contribution in [0.2, 0.25) is 0 Å². The Hall–Kier alpha value is -2.35. The smallest absolute Gasteiger partial charge is 0.0786 e. The fraction of sp³-hybridized carbons (Fsp3) is 0.167. The van der Waals surface area contributed by atoms with Crippen LogP contribution >= 0.6 is 0 Å². The molecule has 0 spiro atoms. The van der Waals surface area contributed by atoms with E-state index in [0.717, 1.165) is 23.4 Å². The van der Waals surface area contributed by atoms with Gasteiger partial charge in [0, 0.05) is 6.42 Å². The third-order valence-corrected chi connectivity index (χ3v) is 3.61. The van der Waals surface area contributed by atoms with Gasteiger partial charge < -0.3 is 0 Å². The molecule has 1 heterocycles. The van der Waals surface area contributed by atoms with Gasteiger partial charge in [0.15, 0.2) is 0 Å². The molecule has 20 heavy (non-hydrogen) atoms. The number of rotatable bonds is 3. The number of benzene rings is 2. The van der Waals surface area contributed by atoms with E-state index in [-0.39, 0.29) is 6.04 Å². The average Bonchev–Trinajstić information content (AvgIpc) is 2.94. The lowest BCUT2D eigenvalue weighted by Gasteiger charge is -2.23. The van der Waals surface area contributed by atoms with Crippen molar-refractivity contribution in [1.29, 1.82) is 0 Å². The van der Waals surface area contributed by atoms with E-state index in [4.69, 9.17) is 5.10 Å². The van der Waals surface area contributed by atoms with Gasteiger partial charge >= 0.3 is 0 Å². The van der Waals surface area contributed by atoms with Gasteiger partial charge in [-0.2, -0.15) is 5.10 Å². The monoisotopic (exact) mass is 262 g/mol. The maximum Gasteiger partial charge on any atom is 0.0786 e. The highest BCUT2D eigenvalue weighted by atomic mass is 15.5. The van der Waals surface area contributed by atoms with E-state index in [1.165, 1.54) is 5.56 Å². The average molecular weight is 262 g/mol. The fourth-order valence-corrected chi connectivity index (χ4v) is 2.52. The molecule has 0 bridgehead atoms. The largest absolute Gasteiger partial charge is 0.258 e. The van der Waals surface area contributed by atoms with Crippen molar-refractivity contribution in [2.75, 3.05) is 5.01 Å². The topological polar surface area (TPSA) is 15.6 Å². The van der Waals surface area contributed by atoms with Gasteiger partial charge in [0.05, 0.1) is 17.4 Å². The van der Waals surface area contributed by atoms with Crippen LogP contribution in [0.5, 0.6) is 0 Å². The van der Waals surface area contributed by atoms with Gasteiger partial charge in [0.1, 0.15) is 0 Å². The fourth-order valence-electron chi connectivity index (χ4n) is 2.52. The van der Waals surface area contributed by atoms with Crippen molar-refractivity contribution in [3.05, 3.63) is 78.4 Å². The molecular formula is C18H18N2. The zero-order valence-electron chi connectivity index (χ0n) is 11.7. The lowest BCUT2D eigenvalue weighted by atomic mass is 10.00. The van der Waals surface area contributed by atoms with Crippen molar-refractivity contribution in [3.63, 3.8) is 0 Å². The first kappa shape index (κ1) is 12.7. The van der Waals surface area contributed by atoms with Crippen LogP contribution in [0.4, 0.5) is 5.69 Å². The van der Waals surface area contributed by atoms with Crippen LogP contribution in [0.25, 0.3) is 0 Å². The molecule has 0 fully saturated rings. The van der Waals surface area contributed by atoms with Crippen molar-refractivity contribution in [2.24, 2.45) is 5.10 Å². The standard InChI is InChI=1S/C18H18N2/c1-14(2)18-13-17(15-9-5-3-6-10-15)19-20(18)16-11-7-4-8-12-16/h3-12,18H,1,13H2,2H3. The van der Waals surface area contributed by atoms with Crippen LogP contribution in [0.15, 0.2) is 77.9 Å². The molecule has 0 amide bonds. The van der Waals surface area contributed by atoms with Crippen molar-refractivity contribution in [1.82, 2.24) is 0 Å². The normalized spacial score (nSPS) is 17.9. The molecule has 100 valence electrons. The van der Waals surface area contributed by atoms with Gasteiger partial charge in [-0.1, -0.05) is 60.7 Å². The Labute approximate surface area is 120 Å². The molecule has 0 aliphatic carbocycles. The SMILES string of the molecule is C=C(C)C1CC(c2ccccc2)=NN1c1ccccc1. The van der Waals surface area contributed by atoms with Gasteiger partial charge in [-0.05, 0) is 24.6 Å². The lowest BCUT2D eigenvalue weighted by Crippen LogP contribution is -2.26. The van der Waals surface area contributed by atoms with Crippen LogP contribution in [0, 0.1) is 0 Å². The summed E-state index contributed by atoms with van der Waals surface area (Å²) >= 11 is 0. The number of hydrogen-bond acceptors (Lipinski definition) is 2. The molecule has 1 unspecified atom stereocenters. The first-order valence-electron chi connectivity index (χ1n) is 6.88. The predicted octanol–water partition coefficient (Wildman–Crippen LogP) is 4.25. The quantitative estimate of drug-likeness (QED) is 0.755. The molecule has 2 aromatic carbocycles. The minimum Gasteiger partial charge on any atom is -0.258 e. The number of hydrazone groups is 1. The second kappa shape index (κ2) is 5.33. The van der Waals surface area contributed by atoms with Gasteiger partial charge in [-0.25, -0.2) is 0 Å². The Morgan fingerprint density at radius 3 is 2.25 bits per heavy atom. The minimum absolute atomic E-state index is 0.243. The maximum absolute atomic E-state index is 4.82. The van der Waals surface area contributed by atoms with E-state index >= 15 is 0 Å². The Kier molecular flexibility index (Phi) is 3.38. The molecule has 1 aliphatic rings. The van der Waals surface area contributed by atoms with Crippen LogP contribution < -0.4 is 5.01 Å². The zero-order chi connectivity index (χ0) is 13.9. The van der Waals surface area contributed by atoms with Crippen LogP contribution in [0.3, 0.4) is 0 Å². The summed E-state index contributed by atoms with van der Waals surface area (Å²) in [6.45, 7) is 6.20. The van der Waals surface area contributed by atoms with E-state index in [0.29, 0.717) is 0 Å². The highest BCUT2D eigenvalue weighted by Gasteiger charge is 2.28. The highest BCUT2D eigenvalue weighted by molar-refractivity contribution is 6.03. The Balaban J connectivity index is 1.98. The van der Waals surface area contributed by atoms with Crippen molar-refractivity contribution in [3.8, 4) is 0 Å². The number of nitrogens with zero attached hydrogens (tertiary/aromatic N) is 2. The molecule has 0 saturated carbocycles. The number of para-hydroxylation sites is 1. The maximum atomic E-state index is 4.82. The summed E-state index contributed by atoms with van der Waals surface area (Å²) in [5.74, 6) is 0. The Morgan fingerprint density at radius 1 is 1.05 bits per heavy atom. The summed E-state index contributed by atoms with van der Waals surface area (Å²) in [5, 5.41) is 6.91. The molecule has 0 saturated heterocycles. The van der Waals surface area contributed by atoms with E-state index in [1.54, 1.807) is 0 Å². The van der Waals surface area contributed by atoms with Crippen molar-refractivity contribution < 1.29 is 0 Å². The van der Waals surface area contributed by atoms with Crippen LogP contribution in [-0.2, 0) is 0 Å². The molecule has 3 rings (SSSR count). The Bertz CT molecular complexity index is 629. The molecule has 2 aromatic rings. The number of anilines is 1. The van der Waals surface area contributed by atoms with Crippen molar-refractivity contribution >= 4 is 11.4 Å². The van der Waals surface area contributed by atoms with E-state index in [2.05, 4.69) is 54.9 Å². The molecule has 1 atom stereocenters.